The summed E-state index contributed by atoms with van der Waals surface area (Å²) < 4.78 is 5.59. The van der Waals surface area contributed by atoms with Crippen molar-refractivity contribution < 1.29 is 9.53 Å². The van der Waals surface area contributed by atoms with Gasteiger partial charge in [0.05, 0.1) is 11.4 Å². The van der Waals surface area contributed by atoms with Gasteiger partial charge in [0, 0.05) is 0 Å². The smallest absolute Gasteiger partial charge is 0.268 e. The summed E-state index contributed by atoms with van der Waals surface area (Å²) in [6.45, 7) is 3.35. The normalized spacial score (nSPS) is 16.0. The highest BCUT2D eigenvalue weighted by Crippen LogP contribution is 2.35. The first-order valence-corrected chi connectivity index (χ1v) is 6.06. The van der Waals surface area contributed by atoms with Crippen LogP contribution in [0.1, 0.15) is 13.8 Å². The maximum absolute atomic E-state index is 11.8. The highest BCUT2D eigenvalue weighted by atomic mass is 16.5. The van der Waals surface area contributed by atoms with Crippen LogP contribution in [-0.2, 0) is 4.79 Å². The van der Waals surface area contributed by atoms with Gasteiger partial charge in [0.15, 0.2) is 11.4 Å². The van der Waals surface area contributed by atoms with Crippen LogP contribution in [0.15, 0.2) is 23.3 Å². The molecule has 0 aromatic heterocycles. The average molecular weight is 286 g/mol. The molecule has 0 atom stereocenters. The molecule has 0 radical (unpaired) electrons. The first kappa shape index (κ1) is 14.3. The molecule has 8 heteroatoms. The van der Waals surface area contributed by atoms with Crippen molar-refractivity contribution in [3.8, 4) is 11.8 Å². The lowest BCUT2D eigenvalue weighted by Crippen LogP contribution is -2.45. The molecule has 0 spiro atoms. The van der Waals surface area contributed by atoms with Crippen molar-refractivity contribution in [2.24, 2.45) is 10.8 Å². The highest BCUT2D eigenvalue weighted by Gasteiger charge is 2.35. The third kappa shape index (κ3) is 2.92. The lowest BCUT2D eigenvalue weighted by Gasteiger charge is -2.31. The van der Waals surface area contributed by atoms with E-state index in [4.69, 9.17) is 21.1 Å². The van der Waals surface area contributed by atoms with Crippen LogP contribution in [-0.4, -0.2) is 23.1 Å². The molecule has 1 aliphatic heterocycles. The molecule has 0 saturated carbocycles. The lowest BCUT2D eigenvalue weighted by atomic mass is 10.1. The van der Waals surface area contributed by atoms with Gasteiger partial charge in [-0.05, 0) is 32.0 Å². The molecule has 108 valence electrons. The van der Waals surface area contributed by atoms with Gasteiger partial charge in [0.1, 0.15) is 11.8 Å². The minimum Gasteiger partial charge on any atom is -0.476 e. The first-order chi connectivity index (χ1) is 9.83. The van der Waals surface area contributed by atoms with Crippen LogP contribution >= 0.6 is 0 Å². The number of carbonyl (C=O) groups excluding carboxylic acids is 1. The number of ether oxygens (including phenoxy) is 1. The van der Waals surface area contributed by atoms with E-state index in [1.165, 1.54) is 0 Å². The van der Waals surface area contributed by atoms with E-state index in [0.717, 1.165) is 0 Å². The van der Waals surface area contributed by atoms with Gasteiger partial charge in [-0.2, -0.15) is 10.4 Å². The number of nitrogens with zero attached hydrogens (tertiary/aromatic N) is 2. The van der Waals surface area contributed by atoms with Crippen molar-refractivity contribution >= 4 is 28.8 Å². The Morgan fingerprint density at radius 1 is 1.57 bits per heavy atom. The van der Waals surface area contributed by atoms with Gasteiger partial charge in [-0.3, -0.25) is 15.6 Å². The fourth-order valence-electron chi connectivity index (χ4n) is 1.65. The molecule has 21 heavy (non-hydrogen) atoms. The summed E-state index contributed by atoms with van der Waals surface area (Å²) in [7, 11) is 0. The number of nitriles is 1. The van der Waals surface area contributed by atoms with Gasteiger partial charge in [0.25, 0.3) is 5.91 Å². The number of hydrogen-bond donors (Lipinski definition) is 4. The van der Waals surface area contributed by atoms with E-state index < -0.39 is 11.4 Å². The molecule has 1 aromatic rings. The minimum absolute atomic E-state index is 0.228. The van der Waals surface area contributed by atoms with Crippen molar-refractivity contribution in [1.82, 2.24) is 0 Å². The zero-order chi connectivity index (χ0) is 15.6. The Morgan fingerprint density at radius 3 is 2.90 bits per heavy atom. The zero-order valence-corrected chi connectivity index (χ0v) is 11.5. The topological polar surface area (TPSA) is 136 Å². The van der Waals surface area contributed by atoms with E-state index in [1.807, 2.05) is 0 Å². The van der Waals surface area contributed by atoms with Crippen molar-refractivity contribution in [3.05, 3.63) is 18.2 Å². The molecule has 0 bridgehead atoms. The van der Waals surface area contributed by atoms with E-state index in [0.29, 0.717) is 17.1 Å². The molecule has 0 fully saturated rings. The van der Waals surface area contributed by atoms with Crippen molar-refractivity contribution in [1.29, 1.82) is 10.7 Å². The van der Waals surface area contributed by atoms with Crippen molar-refractivity contribution in [3.63, 3.8) is 0 Å². The number of rotatable bonds is 3. The standard InChI is InChI=1S/C13H14N6O2/c1-13(2)12(20)17-8-5-7(3-4-10(8)21-13)18-19-9(6-14)11(15)16/h3-5,18H,1-2H3,(H3,15,16)(H,17,20)/b19-9+. The van der Waals surface area contributed by atoms with Crippen LogP contribution in [0.4, 0.5) is 11.4 Å². The molecule has 1 aromatic carbocycles. The number of amides is 1. The predicted molar refractivity (Wildman–Crippen MR) is 78.4 cm³/mol. The molecule has 1 aliphatic rings. The van der Waals surface area contributed by atoms with Crippen LogP contribution in [0.25, 0.3) is 0 Å². The summed E-state index contributed by atoms with van der Waals surface area (Å²) in [6, 6.07) is 6.65. The van der Waals surface area contributed by atoms with Gasteiger partial charge in [-0.15, -0.1) is 0 Å². The number of nitrogens with one attached hydrogen (secondary N) is 3. The molecule has 8 nitrogen and oxygen atoms in total. The Morgan fingerprint density at radius 2 is 2.29 bits per heavy atom. The SMILES string of the molecule is CC1(C)Oc2ccc(N/N=C(\C#N)C(=N)N)cc2NC1=O. The monoisotopic (exact) mass is 286 g/mol. The summed E-state index contributed by atoms with van der Waals surface area (Å²) in [5.74, 6) is -0.139. The number of benzene rings is 1. The quantitative estimate of drug-likeness (QED) is 0.373. The summed E-state index contributed by atoms with van der Waals surface area (Å²) >= 11 is 0. The van der Waals surface area contributed by atoms with E-state index in [1.54, 1.807) is 38.1 Å². The van der Waals surface area contributed by atoms with Gasteiger partial charge in [0.2, 0.25) is 5.71 Å². The largest absolute Gasteiger partial charge is 0.476 e. The van der Waals surface area contributed by atoms with Crippen LogP contribution < -0.4 is 21.2 Å². The molecule has 1 amide bonds. The number of anilines is 2. The Balaban J connectivity index is 2.24. The van der Waals surface area contributed by atoms with Gasteiger partial charge in [-0.1, -0.05) is 0 Å². The average Bonchev–Trinajstić information content (AvgIpc) is 2.40. The summed E-state index contributed by atoms with van der Waals surface area (Å²) in [5.41, 5.74) is 7.65. The lowest BCUT2D eigenvalue weighted by molar-refractivity contribution is -0.129. The second-order valence-electron chi connectivity index (χ2n) is 4.88. The Bertz CT molecular complexity index is 686. The molecule has 0 saturated heterocycles. The number of hydrogen-bond acceptors (Lipinski definition) is 6. The summed E-state index contributed by atoms with van der Waals surface area (Å²) in [4.78, 5) is 11.8. The van der Waals surface area contributed by atoms with Gasteiger partial charge in [-0.25, -0.2) is 0 Å². The van der Waals surface area contributed by atoms with E-state index in [2.05, 4.69) is 15.8 Å². The number of amidine groups is 1. The van der Waals surface area contributed by atoms with Crippen LogP contribution in [0.2, 0.25) is 0 Å². The fraction of sp³-hybridized carbons (Fsp3) is 0.231. The molecule has 5 N–H and O–H groups in total. The van der Waals surface area contributed by atoms with Crippen molar-refractivity contribution in [2.45, 2.75) is 19.4 Å². The van der Waals surface area contributed by atoms with Crippen LogP contribution in [0, 0.1) is 16.7 Å². The maximum Gasteiger partial charge on any atom is 0.268 e. The molecule has 0 unspecified atom stereocenters. The number of carbonyl (C=O) groups is 1. The number of hydrazone groups is 1. The second-order valence-corrected chi connectivity index (χ2v) is 4.88. The van der Waals surface area contributed by atoms with E-state index in [-0.39, 0.29) is 11.6 Å². The Labute approximate surface area is 121 Å². The summed E-state index contributed by atoms with van der Waals surface area (Å²) in [6.07, 6.45) is 0. The first-order valence-electron chi connectivity index (χ1n) is 6.06. The minimum atomic E-state index is -0.928. The number of nitrogens with two attached hydrogens (primary N) is 1. The third-order valence-electron chi connectivity index (χ3n) is 2.80. The van der Waals surface area contributed by atoms with E-state index in [9.17, 15) is 4.79 Å². The highest BCUT2D eigenvalue weighted by molar-refractivity contribution is 6.45. The van der Waals surface area contributed by atoms with Gasteiger partial charge >= 0.3 is 0 Å². The molecular formula is C13H14N6O2. The molecular weight excluding hydrogens is 272 g/mol. The zero-order valence-electron chi connectivity index (χ0n) is 11.5. The maximum atomic E-state index is 11.8. The fourth-order valence-corrected chi connectivity index (χ4v) is 1.65. The third-order valence-corrected chi connectivity index (χ3v) is 2.80. The Kier molecular flexibility index (Phi) is 3.50. The van der Waals surface area contributed by atoms with Crippen LogP contribution in [0.5, 0.6) is 5.75 Å². The summed E-state index contributed by atoms with van der Waals surface area (Å²) in [5, 5.41) is 22.3. The molecule has 0 aliphatic carbocycles. The Hall–Kier alpha value is -3.08. The van der Waals surface area contributed by atoms with Crippen molar-refractivity contribution in [2.75, 3.05) is 10.7 Å². The van der Waals surface area contributed by atoms with E-state index >= 15 is 0 Å². The van der Waals surface area contributed by atoms with Gasteiger partial charge < -0.3 is 15.8 Å². The predicted octanol–water partition coefficient (Wildman–Crippen LogP) is 1.02. The number of fused-ring (bicyclic) bond motifs is 1. The van der Waals surface area contributed by atoms with Crippen LogP contribution in [0.3, 0.4) is 0 Å². The molecule has 2 rings (SSSR count). The molecule has 1 heterocycles. The second kappa shape index (κ2) is 5.13.